The molecule has 0 fully saturated rings. The Morgan fingerprint density at radius 2 is 1.83 bits per heavy atom. The second kappa shape index (κ2) is 5.22. The number of aromatic nitrogens is 2. The number of nitrogens with two attached hydrogens (primary N) is 1. The van der Waals surface area contributed by atoms with E-state index in [1.165, 1.54) is 0 Å². The molecule has 0 aliphatic rings. The predicted octanol–water partition coefficient (Wildman–Crippen LogP) is 2.51. The van der Waals surface area contributed by atoms with Crippen molar-refractivity contribution >= 4 is 21.7 Å². The van der Waals surface area contributed by atoms with Gasteiger partial charge < -0.3 is 15.2 Å². The molecule has 5 nitrogen and oxygen atoms in total. The Labute approximate surface area is 113 Å². The molecule has 1 heterocycles. The van der Waals surface area contributed by atoms with Gasteiger partial charge in [0.2, 0.25) is 0 Å². The van der Waals surface area contributed by atoms with Crippen LogP contribution in [0.15, 0.2) is 28.9 Å². The number of methoxy groups -OCH3 is 2. The normalized spacial score (nSPS) is 10.2. The number of halogens is 1. The van der Waals surface area contributed by atoms with Crippen molar-refractivity contribution in [3.8, 4) is 22.9 Å². The topological polar surface area (TPSA) is 70.3 Å². The van der Waals surface area contributed by atoms with Crippen LogP contribution in [-0.2, 0) is 0 Å². The zero-order chi connectivity index (χ0) is 13.1. The van der Waals surface area contributed by atoms with E-state index in [4.69, 9.17) is 15.2 Å². The summed E-state index contributed by atoms with van der Waals surface area (Å²) in [7, 11) is 3.16. The van der Waals surface area contributed by atoms with Crippen LogP contribution in [0.1, 0.15) is 0 Å². The van der Waals surface area contributed by atoms with Gasteiger partial charge in [0.15, 0.2) is 17.3 Å². The summed E-state index contributed by atoms with van der Waals surface area (Å²) >= 11 is 3.46. The molecule has 2 N–H and O–H groups in total. The number of hydrogen-bond acceptors (Lipinski definition) is 5. The summed E-state index contributed by atoms with van der Waals surface area (Å²) in [4.78, 5) is 8.36. The van der Waals surface area contributed by atoms with E-state index in [9.17, 15) is 0 Å². The molecule has 2 rings (SSSR count). The van der Waals surface area contributed by atoms with Crippen LogP contribution in [0.2, 0.25) is 0 Å². The summed E-state index contributed by atoms with van der Waals surface area (Å²) in [5, 5.41) is 0. The minimum absolute atomic E-state index is 0.418. The Morgan fingerprint density at radius 3 is 2.44 bits per heavy atom. The fourth-order valence-corrected chi connectivity index (χ4v) is 2.03. The summed E-state index contributed by atoms with van der Waals surface area (Å²) in [5.41, 5.74) is 6.44. The Bertz CT molecular complexity index is 575. The summed E-state index contributed by atoms with van der Waals surface area (Å²) in [6, 6.07) is 5.25. The van der Waals surface area contributed by atoms with Crippen LogP contribution < -0.4 is 15.2 Å². The first kappa shape index (κ1) is 12.6. The lowest BCUT2D eigenvalue weighted by Crippen LogP contribution is -1.97. The summed E-state index contributed by atoms with van der Waals surface area (Å²) in [6.07, 6.45) is 1.61. The van der Waals surface area contributed by atoms with Gasteiger partial charge in [0, 0.05) is 16.2 Å². The van der Waals surface area contributed by atoms with Gasteiger partial charge >= 0.3 is 0 Å². The molecule has 0 saturated carbocycles. The molecule has 0 amide bonds. The third-order valence-electron chi connectivity index (χ3n) is 2.39. The number of anilines is 1. The van der Waals surface area contributed by atoms with E-state index >= 15 is 0 Å². The van der Waals surface area contributed by atoms with Crippen LogP contribution in [0.3, 0.4) is 0 Å². The molecule has 6 heteroatoms. The van der Waals surface area contributed by atoms with Crippen LogP contribution in [-0.4, -0.2) is 24.2 Å². The van der Waals surface area contributed by atoms with Crippen molar-refractivity contribution in [1.29, 1.82) is 0 Å². The number of nitrogens with zero attached hydrogens (tertiary/aromatic N) is 2. The first-order chi connectivity index (χ1) is 8.65. The fraction of sp³-hybridized carbons (Fsp3) is 0.167. The first-order valence-corrected chi connectivity index (χ1v) is 5.95. The minimum Gasteiger partial charge on any atom is -0.493 e. The number of ether oxygens (including phenoxy) is 2. The van der Waals surface area contributed by atoms with Crippen molar-refractivity contribution in [3.05, 3.63) is 28.9 Å². The van der Waals surface area contributed by atoms with Gasteiger partial charge in [-0.1, -0.05) is 0 Å². The van der Waals surface area contributed by atoms with E-state index in [1.54, 1.807) is 38.6 Å². The molecular weight excluding hydrogens is 298 g/mol. The van der Waals surface area contributed by atoms with Crippen LogP contribution >= 0.6 is 15.9 Å². The maximum Gasteiger partial charge on any atom is 0.162 e. The first-order valence-electron chi connectivity index (χ1n) is 5.16. The number of rotatable bonds is 3. The average molecular weight is 310 g/mol. The molecule has 1 aromatic heterocycles. The Kier molecular flexibility index (Phi) is 3.66. The summed E-state index contributed by atoms with van der Waals surface area (Å²) in [5.74, 6) is 2.20. The molecule has 18 heavy (non-hydrogen) atoms. The molecule has 0 saturated heterocycles. The monoisotopic (exact) mass is 309 g/mol. The van der Waals surface area contributed by atoms with Crippen molar-refractivity contribution < 1.29 is 9.47 Å². The number of nitrogen functional groups attached to an aromatic ring is 1. The zero-order valence-electron chi connectivity index (χ0n) is 9.98. The highest BCUT2D eigenvalue weighted by atomic mass is 79.9. The van der Waals surface area contributed by atoms with Crippen molar-refractivity contribution in [2.24, 2.45) is 0 Å². The summed E-state index contributed by atoms with van der Waals surface area (Å²) < 4.78 is 11.3. The predicted molar refractivity (Wildman–Crippen MR) is 72.7 cm³/mol. The van der Waals surface area contributed by atoms with Crippen LogP contribution in [0.4, 0.5) is 5.82 Å². The van der Waals surface area contributed by atoms with E-state index < -0.39 is 0 Å². The van der Waals surface area contributed by atoms with Crippen molar-refractivity contribution in [1.82, 2.24) is 9.97 Å². The maximum absolute atomic E-state index is 5.65. The van der Waals surface area contributed by atoms with Gasteiger partial charge in [-0.05, 0) is 34.1 Å². The van der Waals surface area contributed by atoms with E-state index in [-0.39, 0.29) is 0 Å². The van der Waals surface area contributed by atoms with E-state index in [2.05, 4.69) is 25.9 Å². The SMILES string of the molecule is COc1cc(Br)c(-c2nccc(N)n2)cc1OC. The maximum atomic E-state index is 5.65. The number of hydrogen-bond donors (Lipinski definition) is 1. The molecule has 0 atom stereocenters. The van der Waals surface area contributed by atoms with Crippen molar-refractivity contribution in [2.45, 2.75) is 0 Å². The molecule has 1 aromatic carbocycles. The van der Waals surface area contributed by atoms with Crippen LogP contribution in [0.5, 0.6) is 11.5 Å². The quantitative estimate of drug-likeness (QED) is 0.943. The Balaban J connectivity index is 2.57. The average Bonchev–Trinajstić information content (AvgIpc) is 2.38. The number of benzene rings is 1. The van der Waals surface area contributed by atoms with Gasteiger partial charge in [0.1, 0.15) is 5.82 Å². The Morgan fingerprint density at radius 1 is 1.17 bits per heavy atom. The highest BCUT2D eigenvalue weighted by Gasteiger charge is 2.13. The standard InChI is InChI=1S/C12H12BrN3O2/c1-17-9-5-7(8(13)6-10(9)18-2)12-15-4-3-11(14)16-12/h3-6H,1-2H3,(H2,14,15,16). The minimum atomic E-state index is 0.418. The second-order valence-corrected chi connectivity index (χ2v) is 4.35. The smallest absolute Gasteiger partial charge is 0.162 e. The van der Waals surface area contributed by atoms with Gasteiger partial charge in [0.05, 0.1) is 14.2 Å². The Hall–Kier alpha value is -1.82. The lowest BCUT2D eigenvalue weighted by Gasteiger charge is -2.11. The van der Waals surface area contributed by atoms with Crippen LogP contribution in [0, 0.1) is 0 Å². The second-order valence-electron chi connectivity index (χ2n) is 3.49. The van der Waals surface area contributed by atoms with Crippen molar-refractivity contribution in [3.63, 3.8) is 0 Å². The zero-order valence-corrected chi connectivity index (χ0v) is 11.6. The highest BCUT2D eigenvalue weighted by Crippen LogP contribution is 2.37. The van der Waals surface area contributed by atoms with Crippen LogP contribution in [0.25, 0.3) is 11.4 Å². The molecule has 0 aliphatic heterocycles. The van der Waals surface area contributed by atoms with Gasteiger partial charge in [0.25, 0.3) is 0 Å². The van der Waals surface area contributed by atoms with E-state index in [1.807, 2.05) is 0 Å². The van der Waals surface area contributed by atoms with Gasteiger partial charge in [-0.25, -0.2) is 9.97 Å². The van der Waals surface area contributed by atoms with Crippen molar-refractivity contribution in [2.75, 3.05) is 20.0 Å². The molecular formula is C12H12BrN3O2. The van der Waals surface area contributed by atoms with Gasteiger partial charge in [-0.3, -0.25) is 0 Å². The lowest BCUT2D eigenvalue weighted by molar-refractivity contribution is 0.355. The van der Waals surface area contributed by atoms with Gasteiger partial charge in [-0.2, -0.15) is 0 Å². The highest BCUT2D eigenvalue weighted by molar-refractivity contribution is 9.10. The molecule has 94 valence electrons. The largest absolute Gasteiger partial charge is 0.493 e. The third kappa shape index (κ3) is 2.38. The fourth-order valence-electron chi connectivity index (χ4n) is 1.53. The molecule has 0 unspecified atom stereocenters. The van der Waals surface area contributed by atoms with Gasteiger partial charge in [-0.15, -0.1) is 0 Å². The molecule has 2 aromatic rings. The van der Waals surface area contributed by atoms with E-state index in [0.717, 1.165) is 10.0 Å². The third-order valence-corrected chi connectivity index (χ3v) is 3.05. The lowest BCUT2D eigenvalue weighted by atomic mass is 10.2. The molecule has 0 spiro atoms. The molecule has 0 radical (unpaired) electrons. The van der Waals surface area contributed by atoms with E-state index in [0.29, 0.717) is 23.1 Å². The molecule has 0 bridgehead atoms. The summed E-state index contributed by atoms with van der Waals surface area (Å²) in [6.45, 7) is 0. The molecule has 0 aliphatic carbocycles.